The van der Waals surface area contributed by atoms with Gasteiger partial charge >= 0.3 is 0 Å². The number of aryl methyl sites for hydroxylation is 3. The van der Waals surface area contributed by atoms with Crippen molar-refractivity contribution in [2.75, 3.05) is 13.1 Å². The second-order valence-corrected chi connectivity index (χ2v) is 8.83. The zero-order valence-electron chi connectivity index (χ0n) is 14.1. The van der Waals surface area contributed by atoms with Crippen LogP contribution in [-0.4, -0.2) is 45.8 Å². The van der Waals surface area contributed by atoms with Gasteiger partial charge in [0.15, 0.2) is 0 Å². The van der Waals surface area contributed by atoms with Crippen LogP contribution in [0.25, 0.3) is 0 Å². The van der Waals surface area contributed by atoms with Crippen molar-refractivity contribution in [3.05, 3.63) is 23.7 Å². The molecule has 0 spiro atoms. The smallest absolute Gasteiger partial charge is 0.246 e. The molecule has 3 heterocycles. The van der Waals surface area contributed by atoms with Crippen LogP contribution in [0.4, 0.5) is 0 Å². The highest BCUT2D eigenvalue weighted by Crippen LogP contribution is 2.51. The van der Waals surface area contributed by atoms with Crippen LogP contribution in [0.15, 0.2) is 15.5 Å². The molecule has 2 aliphatic rings. The third-order valence-electron chi connectivity index (χ3n) is 5.38. The molecule has 4 rings (SSSR count). The molecule has 1 saturated heterocycles. The van der Waals surface area contributed by atoms with Crippen molar-refractivity contribution in [2.24, 2.45) is 13.0 Å². The van der Waals surface area contributed by atoms with Crippen LogP contribution in [0.1, 0.15) is 36.7 Å². The van der Waals surface area contributed by atoms with Crippen LogP contribution >= 0.6 is 0 Å². The summed E-state index contributed by atoms with van der Waals surface area (Å²) in [5.41, 5.74) is 0.182. The summed E-state index contributed by atoms with van der Waals surface area (Å²) in [6, 6.07) is 0. The predicted molar refractivity (Wildman–Crippen MR) is 84.8 cm³/mol. The zero-order chi connectivity index (χ0) is 17.1. The van der Waals surface area contributed by atoms with Crippen molar-refractivity contribution >= 4 is 10.0 Å². The molecule has 0 radical (unpaired) electrons. The Morgan fingerprint density at radius 1 is 1.33 bits per heavy atom. The van der Waals surface area contributed by atoms with Gasteiger partial charge in [-0.25, -0.2) is 8.42 Å². The van der Waals surface area contributed by atoms with Gasteiger partial charge in [-0.1, -0.05) is 6.42 Å². The first-order valence-corrected chi connectivity index (χ1v) is 9.58. The molecule has 2 aromatic rings. The lowest BCUT2D eigenvalue weighted by Gasteiger charge is -2.24. The lowest BCUT2D eigenvalue weighted by atomic mass is 9.81. The molecule has 2 aromatic heterocycles. The predicted octanol–water partition coefficient (Wildman–Crippen LogP) is 1.16. The van der Waals surface area contributed by atoms with E-state index in [-0.39, 0.29) is 16.2 Å². The molecule has 24 heavy (non-hydrogen) atoms. The first-order chi connectivity index (χ1) is 11.3. The van der Waals surface area contributed by atoms with Crippen molar-refractivity contribution in [1.29, 1.82) is 0 Å². The fourth-order valence-corrected chi connectivity index (χ4v) is 6.00. The molecule has 2 fully saturated rings. The van der Waals surface area contributed by atoms with Gasteiger partial charge in [-0.3, -0.25) is 4.68 Å². The summed E-state index contributed by atoms with van der Waals surface area (Å²) in [5.74, 6) is 1.33. The van der Waals surface area contributed by atoms with Crippen LogP contribution in [0, 0.1) is 19.8 Å². The number of hydrogen-bond acceptors (Lipinski definition) is 6. The average Bonchev–Trinajstić information content (AvgIpc) is 3.21. The molecule has 1 saturated carbocycles. The van der Waals surface area contributed by atoms with Crippen molar-refractivity contribution < 1.29 is 12.8 Å². The van der Waals surface area contributed by atoms with E-state index < -0.39 is 10.0 Å². The number of fused-ring (bicyclic) bond motifs is 1. The third-order valence-corrected chi connectivity index (χ3v) is 7.29. The molecule has 130 valence electrons. The Morgan fingerprint density at radius 2 is 2.12 bits per heavy atom. The summed E-state index contributed by atoms with van der Waals surface area (Å²) in [6.45, 7) is 4.38. The number of sulfonamides is 1. The molecule has 0 amide bonds. The van der Waals surface area contributed by atoms with Gasteiger partial charge in [0, 0.05) is 33.3 Å². The first-order valence-electron chi connectivity index (χ1n) is 8.14. The van der Waals surface area contributed by atoms with E-state index in [1.54, 1.807) is 31.4 Å². The maximum atomic E-state index is 13.1. The van der Waals surface area contributed by atoms with E-state index in [2.05, 4.69) is 15.3 Å². The quantitative estimate of drug-likeness (QED) is 0.824. The third kappa shape index (κ3) is 2.14. The van der Waals surface area contributed by atoms with Crippen molar-refractivity contribution in [2.45, 2.75) is 43.4 Å². The van der Waals surface area contributed by atoms with E-state index >= 15 is 0 Å². The second kappa shape index (κ2) is 5.13. The zero-order valence-corrected chi connectivity index (χ0v) is 14.9. The fourth-order valence-electron chi connectivity index (χ4n) is 4.24. The maximum Gasteiger partial charge on any atom is 0.246 e. The number of aromatic nitrogens is 4. The van der Waals surface area contributed by atoms with Gasteiger partial charge < -0.3 is 4.42 Å². The van der Waals surface area contributed by atoms with Gasteiger partial charge in [0.1, 0.15) is 4.90 Å². The summed E-state index contributed by atoms with van der Waals surface area (Å²) in [6.07, 6.45) is 4.50. The second-order valence-electron chi connectivity index (χ2n) is 6.92. The minimum absolute atomic E-state index is 0.226. The molecule has 0 bridgehead atoms. The molecule has 0 aromatic carbocycles. The molecule has 1 aliphatic heterocycles. The van der Waals surface area contributed by atoms with Gasteiger partial charge in [0.2, 0.25) is 21.8 Å². The van der Waals surface area contributed by atoms with E-state index in [9.17, 15) is 8.42 Å². The van der Waals surface area contributed by atoms with Gasteiger partial charge in [-0.2, -0.15) is 9.40 Å². The Labute approximate surface area is 140 Å². The van der Waals surface area contributed by atoms with Gasteiger partial charge in [0.25, 0.3) is 0 Å². The van der Waals surface area contributed by atoms with Crippen molar-refractivity contribution in [3.8, 4) is 0 Å². The Balaban J connectivity index is 1.72. The number of nitrogens with zero attached hydrogens (tertiary/aromatic N) is 5. The van der Waals surface area contributed by atoms with E-state index in [0.29, 0.717) is 30.6 Å². The highest BCUT2D eigenvalue weighted by Gasteiger charge is 2.56. The molecular weight excluding hydrogens is 330 g/mol. The normalized spacial score (nSPS) is 27.7. The SMILES string of the molecule is Cc1nnc([C@]23CCC[C@H]2CN(S(=O)(=O)c2cn(C)nc2C)C3)o1. The van der Waals surface area contributed by atoms with Crippen LogP contribution in [0.3, 0.4) is 0 Å². The molecular formula is C15H21N5O3S. The lowest BCUT2D eigenvalue weighted by molar-refractivity contribution is 0.294. The monoisotopic (exact) mass is 351 g/mol. The number of hydrogen-bond donors (Lipinski definition) is 0. The maximum absolute atomic E-state index is 13.1. The average molecular weight is 351 g/mol. The topological polar surface area (TPSA) is 94.1 Å². The standard InChI is InChI=1S/C15H21N5O3S/c1-10-13(8-19(3)18-10)24(21,22)20-7-12-5-4-6-15(12,9-20)14-17-16-11(2)23-14/h8,12H,4-7,9H2,1-3H3/t12-,15-/m0/s1. The Bertz CT molecular complexity index is 887. The van der Waals surface area contributed by atoms with E-state index in [4.69, 9.17) is 4.42 Å². The Hall–Kier alpha value is -1.74. The van der Waals surface area contributed by atoms with Crippen LogP contribution in [0.2, 0.25) is 0 Å². The van der Waals surface area contributed by atoms with Crippen LogP contribution in [0.5, 0.6) is 0 Å². The number of rotatable bonds is 3. The largest absolute Gasteiger partial charge is 0.425 e. The summed E-state index contributed by atoms with van der Waals surface area (Å²) in [4.78, 5) is 0.279. The molecule has 1 aliphatic carbocycles. The molecule has 2 atom stereocenters. The van der Waals surface area contributed by atoms with Gasteiger partial charge in [0.05, 0.1) is 11.1 Å². The highest BCUT2D eigenvalue weighted by molar-refractivity contribution is 7.89. The van der Waals surface area contributed by atoms with Crippen LogP contribution in [-0.2, 0) is 22.5 Å². The van der Waals surface area contributed by atoms with Crippen LogP contribution < -0.4 is 0 Å². The van der Waals surface area contributed by atoms with Crippen molar-refractivity contribution in [3.63, 3.8) is 0 Å². The Morgan fingerprint density at radius 3 is 2.75 bits per heavy atom. The molecule has 0 N–H and O–H groups in total. The van der Waals surface area contributed by atoms with Gasteiger partial charge in [-0.15, -0.1) is 10.2 Å². The lowest BCUT2D eigenvalue weighted by Crippen LogP contribution is -2.35. The summed E-state index contributed by atoms with van der Waals surface area (Å²) in [7, 11) is -1.84. The fraction of sp³-hybridized carbons (Fsp3) is 0.667. The minimum atomic E-state index is -3.57. The van der Waals surface area contributed by atoms with E-state index in [1.807, 2.05) is 0 Å². The highest BCUT2D eigenvalue weighted by atomic mass is 32.2. The molecule has 9 heteroatoms. The summed E-state index contributed by atoms with van der Waals surface area (Å²) < 4.78 is 35.0. The summed E-state index contributed by atoms with van der Waals surface area (Å²) >= 11 is 0. The first kappa shape index (κ1) is 15.8. The molecule has 8 nitrogen and oxygen atoms in total. The van der Waals surface area contributed by atoms with Crippen molar-refractivity contribution in [1.82, 2.24) is 24.3 Å². The Kier molecular flexibility index (Phi) is 3.37. The molecule has 0 unspecified atom stereocenters. The van der Waals surface area contributed by atoms with E-state index in [0.717, 1.165) is 19.3 Å². The summed E-state index contributed by atoms with van der Waals surface area (Å²) in [5, 5.41) is 12.3. The van der Waals surface area contributed by atoms with Gasteiger partial charge in [-0.05, 0) is 25.7 Å². The minimum Gasteiger partial charge on any atom is -0.425 e. The van der Waals surface area contributed by atoms with E-state index in [1.165, 1.54) is 4.68 Å².